The van der Waals surface area contributed by atoms with Crippen LogP contribution >= 0.6 is 0 Å². The van der Waals surface area contributed by atoms with Crippen LogP contribution in [0.4, 0.5) is 23.0 Å². The Balaban J connectivity index is 0.000000184. The molecule has 0 saturated heterocycles. The fourth-order valence-electron chi connectivity index (χ4n) is 4.47. The minimum Gasteiger partial charge on any atom is -0.399 e. The number of nitrogens with one attached hydrogen (secondary N) is 3. The molecule has 4 heterocycles. The van der Waals surface area contributed by atoms with Gasteiger partial charge in [0.05, 0.1) is 46.9 Å². The molecule has 1 amide bonds. The summed E-state index contributed by atoms with van der Waals surface area (Å²) in [5, 5.41) is 9.23. The molecular weight excluding hydrogens is 580 g/mol. The zero-order chi connectivity index (χ0) is 33.1. The predicted octanol–water partition coefficient (Wildman–Crippen LogP) is 5.21. The van der Waals surface area contributed by atoms with Crippen molar-refractivity contribution < 1.29 is 4.79 Å². The molecule has 0 bridgehead atoms. The van der Waals surface area contributed by atoms with Gasteiger partial charge in [0.25, 0.3) is 5.91 Å². The highest BCUT2D eigenvalue weighted by atomic mass is 16.1. The number of fused-ring (bicyclic) bond motifs is 2. The number of hydrogen-bond donors (Lipinski definition) is 4. The van der Waals surface area contributed by atoms with Crippen LogP contribution in [0.15, 0.2) is 73.8 Å². The van der Waals surface area contributed by atoms with Crippen LogP contribution in [0.2, 0.25) is 0 Å². The molecule has 13 heteroatoms. The number of hydrogen-bond acceptors (Lipinski definition) is 10. The topological polar surface area (TPSA) is 166 Å². The van der Waals surface area contributed by atoms with E-state index < -0.39 is 5.91 Å². The molecule has 0 unspecified atom stereocenters. The van der Waals surface area contributed by atoms with Crippen LogP contribution in [-0.4, -0.2) is 56.0 Å². The number of imidazole rings is 2. The van der Waals surface area contributed by atoms with Gasteiger partial charge in [0.2, 0.25) is 0 Å². The number of terminal acetylenes is 1. The molecule has 0 atom stereocenters. The number of aromatic nitrogens is 8. The van der Waals surface area contributed by atoms with Crippen molar-refractivity contribution in [2.24, 2.45) is 0 Å². The first kappa shape index (κ1) is 31.4. The largest absolute Gasteiger partial charge is 0.399 e. The Morgan fingerprint density at radius 3 is 1.76 bits per heavy atom. The fourth-order valence-corrected chi connectivity index (χ4v) is 4.47. The summed E-state index contributed by atoms with van der Waals surface area (Å²) in [6, 6.07) is 11.0. The van der Waals surface area contributed by atoms with Gasteiger partial charge in [0.15, 0.2) is 11.6 Å². The minimum absolute atomic E-state index is 0.0747. The lowest BCUT2D eigenvalue weighted by molar-refractivity contribution is -0.111. The number of nitrogens with two attached hydrogens (primary N) is 1. The highest BCUT2D eigenvalue weighted by Gasteiger charge is 2.14. The van der Waals surface area contributed by atoms with Gasteiger partial charge in [-0.15, -0.1) is 6.42 Å². The molecule has 6 aromatic rings. The van der Waals surface area contributed by atoms with E-state index in [2.05, 4.69) is 87.4 Å². The van der Waals surface area contributed by atoms with Crippen molar-refractivity contribution in [3.8, 4) is 24.0 Å². The van der Waals surface area contributed by atoms with Crippen LogP contribution in [0, 0.1) is 12.3 Å². The quantitative estimate of drug-likeness (QED) is 0.149. The predicted molar refractivity (Wildman–Crippen MR) is 182 cm³/mol. The van der Waals surface area contributed by atoms with Gasteiger partial charge in [-0.1, -0.05) is 0 Å². The molecule has 0 saturated carbocycles. The number of carbonyl (C=O) groups is 1. The molecule has 0 radical (unpaired) electrons. The molecule has 0 aliphatic carbocycles. The Bertz CT molecular complexity index is 2060. The molecular formula is C33H36N12O. The molecule has 0 fully saturated rings. The zero-order valence-corrected chi connectivity index (χ0v) is 26.6. The van der Waals surface area contributed by atoms with Crippen molar-refractivity contribution >= 4 is 51.0 Å². The van der Waals surface area contributed by atoms with Gasteiger partial charge in [-0.3, -0.25) is 23.9 Å². The van der Waals surface area contributed by atoms with Crippen molar-refractivity contribution in [1.29, 1.82) is 0 Å². The highest BCUT2D eigenvalue weighted by molar-refractivity contribution is 6.04. The zero-order valence-electron chi connectivity index (χ0n) is 26.6. The molecule has 0 aliphatic heterocycles. The van der Waals surface area contributed by atoms with Crippen LogP contribution in [0.1, 0.15) is 41.5 Å². The first-order valence-corrected chi connectivity index (χ1v) is 14.5. The normalized spacial score (nSPS) is 11.4. The van der Waals surface area contributed by atoms with E-state index in [-0.39, 0.29) is 11.1 Å². The average molecular weight is 617 g/mol. The summed E-state index contributed by atoms with van der Waals surface area (Å²) >= 11 is 0. The maximum atomic E-state index is 11.4. The average Bonchev–Trinajstić information content (AvgIpc) is 3.60. The summed E-state index contributed by atoms with van der Waals surface area (Å²) in [7, 11) is 0. The number of rotatable bonds is 5. The maximum absolute atomic E-state index is 11.4. The van der Waals surface area contributed by atoms with E-state index in [0.717, 1.165) is 27.9 Å². The number of anilines is 4. The lowest BCUT2D eigenvalue weighted by atomic mass is 10.1. The molecule has 5 N–H and O–H groups in total. The van der Waals surface area contributed by atoms with Crippen molar-refractivity contribution in [1.82, 2.24) is 39.0 Å². The number of amides is 1. The number of nitrogen functional groups attached to an aromatic ring is 1. The monoisotopic (exact) mass is 616 g/mol. The van der Waals surface area contributed by atoms with E-state index in [1.165, 1.54) is 0 Å². The van der Waals surface area contributed by atoms with Gasteiger partial charge >= 0.3 is 0 Å². The fraction of sp³-hybridized carbons (Fsp3) is 0.242. The van der Waals surface area contributed by atoms with Gasteiger partial charge < -0.3 is 21.7 Å². The van der Waals surface area contributed by atoms with Crippen molar-refractivity contribution in [2.45, 2.75) is 52.6 Å². The van der Waals surface area contributed by atoms with Gasteiger partial charge in [-0.05, 0) is 83.9 Å². The third-order valence-corrected chi connectivity index (χ3v) is 6.25. The van der Waals surface area contributed by atoms with Crippen molar-refractivity contribution in [2.75, 3.05) is 21.7 Å². The van der Waals surface area contributed by atoms with Crippen molar-refractivity contribution in [3.05, 3.63) is 73.8 Å². The first-order chi connectivity index (χ1) is 21.8. The van der Waals surface area contributed by atoms with Crippen LogP contribution in [-0.2, 0) is 4.79 Å². The summed E-state index contributed by atoms with van der Waals surface area (Å²) in [6.07, 6.45) is 15.2. The second-order valence-electron chi connectivity index (χ2n) is 12.6. The SMILES string of the molecule is C#CC(=O)Nc1ccc2ncn(-c3cncc(NC(C)(C)C)n3)c2c1.CC(C)(C)Nc1cncc(-n2cnc3ccc(N)cc32)n1. The molecule has 46 heavy (non-hydrogen) atoms. The lowest BCUT2D eigenvalue weighted by Gasteiger charge is -2.21. The summed E-state index contributed by atoms with van der Waals surface area (Å²) in [6.45, 7) is 12.4. The van der Waals surface area contributed by atoms with E-state index in [1.807, 2.05) is 39.3 Å². The number of carbonyl (C=O) groups excluding carboxylic acids is 1. The first-order valence-electron chi connectivity index (χ1n) is 14.5. The van der Waals surface area contributed by atoms with E-state index in [0.29, 0.717) is 28.8 Å². The molecule has 4 aromatic heterocycles. The molecule has 6 rings (SSSR count). The van der Waals surface area contributed by atoms with Crippen LogP contribution < -0.4 is 21.7 Å². The summed E-state index contributed by atoms with van der Waals surface area (Å²) < 4.78 is 3.69. The Labute approximate surface area is 266 Å². The third kappa shape index (κ3) is 7.72. The number of benzene rings is 2. The van der Waals surface area contributed by atoms with Gasteiger partial charge in [-0.2, -0.15) is 0 Å². The van der Waals surface area contributed by atoms with Gasteiger partial charge in [-0.25, -0.2) is 19.9 Å². The molecule has 234 valence electrons. The second kappa shape index (κ2) is 12.5. The summed E-state index contributed by atoms with van der Waals surface area (Å²) in [5.41, 5.74) is 10.3. The molecule has 0 aliphatic rings. The van der Waals surface area contributed by atoms with Crippen molar-refractivity contribution in [3.63, 3.8) is 0 Å². The molecule has 13 nitrogen and oxygen atoms in total. The smallest absolute Gasteiger partial charge is 0.300 e. The third-order valence-electron chi connectivity index (χ3n) is 6.25. The van der Waals surface area contributed by atoms with Crippen LogP contribution in [0.3, 0.4) is 0 Å². The highest BCUT2D eigenvalue weighted by Crippen LogP contribution is 2.23. The Morgan fingerprint density at radius 2 is 1.26 bits per heavy atom. The minimum atomic E-state index is -0.499. The molecule has 0 spiro atoms. The standard InChI is InChI=1S/C18H18N6O.C15H18N6/c1-5-17(25)21-12-6-7-13-14(8-12)24(11-20-13)16-10-19-9-15(22-16)23-18(2,3)4;1-15(2,3)20-13-7-17-8-14(19-13)21-9-18-11-5-4-10(16)6-12(11)21/h1,6-11H,2-4H3,(H,21,25)(H,22,23);4-9H,16H2,1-3H3,(H,19,20). The van der Waals surface area contributed by atoms with E-state index in [9.17, 15) is 4.79 Å². The maximum Gasteiger partial charge on any atom is 0.300 e. The summed E-state index contributed by atoms with van der Waals surface area (Å²) in [5.74, 6) is 4.26. The Hall–Kier alpha value is -6.03. The Morgan fingerprint density at radius 1 is 0.761 bits per heavy atom. The lowest BCUT2D eigenvalue weighted by Crippen LogP contribution is -2.27. The van der Waals surface area contributed by atoms with Gasteiger partial charge in [0.1, 0.15) is 24.3 Å². The Kier molecular flexibility index (Phi) is 8.55. The van der Waals surface area contributed by atoms with E-state index >= 15 is 0 Å². The molecule has 2 aromatic carbocycles. The van der Waals surface area contributed by atoms with Crippen LogP contribution in [0.5, 0.6) is 0 Å². The van der Waals surface area contributed by atoms with Crippen LogP contribution in [0.25, 0.3) is 33.7 Å². The van der Waals surface area contributed by atoms with E-state index in [4.69, 9.17) is 12.2 Å². The summed E-state index contributed by atoms with van der Waals surface area (Å²) in [4.78, 5) is 37.8. The van der Waals surface area contributed by atoms with Gasteiger partial charge in [0, 0.05) is 22.5 Å². The van der Waals surface area contributed by atoms with E-state index in [1.54, 1.807) is 49.6 Å². The second-order valence-corrected chi connectivity index (χ2v) is 12.6. The number of nitrogens with zero attached hydrogens (tertiary/aromatic N) is 8.